The highest BCUT2D eigenvalue weighted by Crippen LogP contribution is 2.35. The number of carbonyl (C=O) groups is 4. The molecule has 0 spiro atoms. The quantitative estimate of drug-likeness (QED) is 0.508. The summed E-state index contributed by atoms with van der Waals surface area (Å²) in [6.45, 7) is 9.69. The van der Waals surface area contributed by atoms with E-state index in [0.29, 0.717) is 12.8 Å². The predicted molar refractivity (Wildman–Crippen MR) is 126 cm³/mol. The molecule has 1 fully saturated rings. The second-order valence-electron chi connectivity index (χ2n) is 10.2. The van der Waals surface area contributed by atoms with Gasteiger partial charge in [0.1, 0.15) is 6.04 Å². The molecule has 1 aliphatic heterocycles. The number of nitrogens with zero attached hydrogens (tertiary/aromatic N) is 2. The monoisotopic (exact) mass is 453 g/mol. The number of benzene rings is 1. The maximum Gasteiger partial charge on any atom is 0.242 e. The minimum atomic E-state index is -0.699. The van der Waals surface area contributed by atoms with Gasteiger partial charge >= 0.3 is 0 Å². The second-order valence-corrected chi connectivity index (χ2v) is 10.2. The molecular weight excluding hydrogens is 418 g/mol. The van der Waals surface area contributed by atoms with Gasteiger partial charge in [0.15, 0.2) is 0 Å². The molecule has 7 nitrogen and oxygen atoms in total. The third-order valence-electron chi connectivity index (χ3n) is 6.29. The molecule has 1 aromatic rings. The van der Waals surface area contributed by atoms with Crippen LogP contribution in [0, 0.1) is 18.8 Å². The van der Waals surface area contributed by atoms with E-state index < -0.39 is 11.6 Å². The third kappa shape index (κ3) is 5.89. The summed E-state index contributed by atoms with van der Waals surface area (Å²) in [5.74, 6) is -1.50. The van der Waals surface area contributed by atoms with Crippen LogP contribution < -0.4 is 5.32 Å². The Labute approximate surface area is 196 Å². The summed E-state index contributed by atoms with van der Waals surface area (Å²) in [6, 6.07) is 7.12. The molecule has 3 rings (SSSR count). The molecule has 33 heavy (non-hydrogen) atoms. The number of likely N-dealkylation sites (tertiary alicyclic amines) is 1. The van der Waals surface area contributed by atoms with Crippen molar-refractivity contribution in [2.45, 2.75) is 72.0 Å². The summed E-state index contributed by atoms with van der Waals surface area (Å²) >= 11 is 0. The molecular formula is C26H35N3O4. The van der Waals surface area contributed by atoms with Crippen molar-refractivity contribution in [2.75, 3.05) is 6.54 Å². The van der Waals surface area contributed by atoms with E-state index in [4.69, 9.17) is 0 Å². The Morgan fingerprint density at radius 1 is 1.06 bits per heavy atom. The van der Waals surface area contributed by atoms with Crippen molar-refractivity contribution in [3.05, 3.63) is 47.5 Å². The Kier molecular flexibility index (Phi) is 7.40. The Balaban J connectivity index is 1.72. The average Bonchev–Trinajstić information content (AvgIpc) is 3.00. The topological polar surface area (TPSA) is 86.8 Å². The first kappa shape index (κ1) is 24.7. The molecule has 3 atom stereocenters. The fourth-order valence-electron chi connectivity index (χ4n) is 4.39. The Morgan fingerprint density at radius 3 is 2.12 bits per heavy atom. The van der Waals surface area contributed by atoms with Crippen LogP contribution in [-0.2, 0) is 25.7 Å². The van der Waals surface area contributed by atoms with Crippen LogP contribution in [0.1, 0.15) is 58.1 Å². The molecule has 0 unspecified atom stereocenters. The van der Waals surface area contributed by atoms with Gasteiger partial charge < -0.3 is 10.2 Å². The number of rotatable bonds is 7. The van der Waals surface area contributed by atoms with Gasteiger partial charge in [0.25, 0.3) is 0 Å². The number of hydrogen-bond acceptors (Lipinski definition) is 4. The standard InChI is InChI=1S/C26H35N3O4/c1-17-10-12-19(13-11-17)16-29(18(2)23(31)27-26(3,4)5)22(30)14-15-28-24(32)20-8-6-7-9-21(20)25(28)33/h6-7,10-13,18,20-21H,8-9,14-16H2,1-5H3,(H,27,31)/t18-,20-,21+/m1/s1. The van der Waals surface area contributed by atoms with E-state index in [1.165, 1.54) is 9.80 Å². The highest BCUT2D eigenvalue weighted by Gasteiger charge is 2.47. The third-order valence-corrected chi connectivity index (χ3v) is 6.29. The van der Waals surface area contributed by atoms with Gasteiger partial charge in [-0.1, -0.05) is 42.0 Å². The number of imide groups is 1. The fraction of sp³-hybridized carbons (Fsp3) is 0.538. The van der Waals surface area contributed by atoms with Gasteiger partial charge in [0, 0.05) is 25.0 Å². The van der Waals surface area contributed by atoms with Gasteiger partial charge in [-0.15, -0.1) is 0 Å². The highest BCUT2D eigenvalue weighted by atomic mass is 16.2. The summed E-state index contributed by atoms with van der Waals surface area (Å²) in [7, 11) is 0. The lowest BCUT2D eigenvalue weighted by Gasteiger charge is -2.32. The van der Waals surface area contributed by atoms with Gasteiger partial charge in [-0.3, -0.25) is 24.1 Å². The zero-order valence-corrected chi connectivity index (χ0v) is 20.3. The lowest BCUT2D eigenvalue weighted by molar-refractivity contribution is -0.144. The summed E-state index contributed by atoms with van der Waals surface area (Å²) < 4.78 is 0. The molecule has 4 amide bonds. The first-order valence-electron chi connectivity index (χ1n) is 11.6. The van der Waals surface area contributed by atoms with Crippen LogP contribution in [0.15, 0.2) is 36.4 Å². The van der Waals surface area contributed by atoms with E-state index in [1.807, 2.05) is 64.1 Å². The van der Waals surface area contributed by atoms with Crippen LogP contribution in [-0.4, -0.2) is 51.6 Å². The van der Waals surface area contributed by atoms with Crippen LogP contribution in [0.5, 0.6) is 0 Å². The van der Waals surface area contributed by atoms with Crippen molar-refractivity contribution >= 4 is 23.6 Å². The SMILES string of the molecule is Cc1ccc(CN(C(=O)CCN2C(=O)[C@H]3CC=CC[C@H]3C2=O)[C@H](C)C(=O)NC(C)(C)C)cc1. The smallest absolute Gasteiger partial charge is 0.242 e. The molecule has 7 heteroatoms. The number of allylic oxidation sites excluding steroid dienone is 2. The summed E-state index contributed by atoms with van der Waals surface area (Å²) in [4.78, 5) is 54.4. The number of fused-ring (bicyclic) bond motifs is 1. The molecule has 0 aromatic heterocycles. The van der Waals surface area contributed by atoms with E-state index in [1.54, 1.807) is 6.92 Å². The van der Waals surface area contributed by atoms with E-state index in [0.717, 1.165) is 11.1 Å². The van der Waals surface area contributed by atoms with E-state index in [2.05, 4.69) is 5.32 Å². The van der Waals surface area contributed by atoms with E-state index in [9.17, 15) is 19.2 Å². The Morgan fingerprint density at radius 2 is 1.61 bits per heavy atom. The number of aryl methyl sites for hydroxylation is 1. The molecule has 0 radical (unpaired) electrons. The number of nitrogens with one attached hydrogen (secondary N) is 1. The first-order chi connectivity index (χ1) is 15.5. The first-order valence-corrected chi connectivity index (χ1v) is 11.6. The van der Waals surface area contributed by atoms with Gasteiger partial charge in [-0.25, -0.2) is 0 Å². The van der Waals surface area contributed by atoms with Gasteiger partial charge in [-0.05, 0) is 53.0 Å². The van der Waals surface area contributed by atoms with Crippen molar-refractivity contribution in [1.82, 2.24) is 15.1 Å². The van der Waals surface area contributed by atoms with Crippen molar-refractivity contribution in [3.8, 4) is 0 Å². The predicted octanol–water partition coefficient (Wildman–Crippen LogP) is 2.97. The molecule has 178 valence electrons. The van der Waals surface area contributed by atoms with Crippen LogP contribution in [0.4, 0.5) is 0 Å². The zero-order valence-electron chi connectivity index (χ0n) is 20.3. The summed E-state index contributed by atoms with van der Waals surface area (Å²) in [5.41, 5.74) is 1.59. The van der Waals surface area contributed by atoms with Crippen molar-refractivity contribution in [2.24, 2.45) is 11.8 Å². The lowest BCUT2D eigenvalue weighted by atomic mass is 9.85. The molecule has 1 saturated heterocycles. The van der Waals surface area contributed by atoms with Crippen LogP contribution in [0.2, 0.25) is 0 Å². The minimum absolute atomic E-state index is 0.0106. The maximum absolute atomic E-state index is 13.3. The molecule has 0 bridgehead atoms. The summed E-state index contributed by atoms with van der Waals surface area (Å²) in [6.07, 6.45) is 5.02. The molecule has 0 saturated carbocycles. The maximum atomic E-state index is 13.3. The Bertz CT molecular complexity index is 919. The number of hydrogen-bond donors (Lipinski definition) is 1. The number of carbonyl (C=O) groups excluding carboxylic acids is 4. The Hall–Kier alpha value is -2.96. The normalized spacial score (nSPS) is 21.1. The molecule has 2 aliphatic rings. The second kappa shape index (κ2) is 9.89. The van der Waals surface area contributed by atoms with Gasteiger partial charge in [0.2, 0.25) is 23.6 Å². The van der Waals surface area contributed by atoms with Crippen molar-refractivity contribution in [3.63, 3.8) is 0 Å². The van der Waals surface area contributed by atoms with Gasteiger partial charge in [-0.2, -0.15) is 0 Å². The summed E-state index contributed by atoms with van der Waals surface area (Å²) in [5, 5.41) is 2.94. The largest absolute Gasteiger partial charge is 0.350 e. The van der Waals surface area contributed by atoms with Crippen LogP contribution in [0.3, 0.4) is 0 Å². The molecule has 1 aromatic carbocycles. The van der Waals surface area contributed by atoms with Crippen LogP contribution >= 0.6 is 0 Å². The molecule has 1 aliphatic carbocycles. The van der Waals surface area contributed by atoms with Crippen molar-refractivity contribution < 1.29 is 19.2 Å². The highest BCUT2D eigenvalue weighted by molar-refractivity contribution is 6.05. The van der Waals surface area contributed by atoms with Crippen molar-refractivity contribution in [1.29, 1.82) is 0 Å². The van der Waals surface area contributed by atoms with E-state index >= 15 is 0 Å². The fourth-order valence-corrected chi connectivity index (χ4v) is 4.39. The molecule has 1 heterocycles. The average molecular weight is 454 g/mol. The van der Waals surface area contributed by atoms with Crippen LogP contribution in [0.25, 0.3) is 0 Å². The number of amides is 4. The molecule has 1 N–H and O–H groups in total. The van der Waals surface area contributed by atoms with E-state index in [-0.39, 0.29) is 55.0 Å². The lowest BCUT2D eigenvalue weighted by Crippen LogP contribution is -2.52. The zero-order chi connectivity index (χ0) is 24.3. The van der Waals surface area contributed by atoms with Gasteiger partial charge in [0.05, 0.1) is 11.8 Å². The minimum Gasteiger partial charge on any atom is -0.350 e.